The molecule has 0 aliphatic carbocycles. The van der Waals surface area contributed by atoms with Gasteiger partial charge < -0.3 is 19.5 Å². The maximum Gasteiger partial charge on any atom is 0.414 e. The molecular weight excluding hydrogens is 511 g/mol. The molecule has 1 N–H and O–H groups in total. The van der Waals surface area contributed by atoms with Crippen LogP contribution < -0.4 is 15.8 Å². The van der Waals surface area contributed by atoms with Crippen molar-refractivity contribution in [2.24, 2.45) is 0 Å². The van der Waals surface area contributed by atoms with Crippen LogP contribution in [0.4, 0.5) is 20.6 Å². The highest BCUT2D eigenvalue weighted by atomic mass is 32.2. The molecule has 0 bridgehead atoms. The Hall–Kier alpha value is -3.86. The summed E-state index contributed by atoms with van der Waals surface area (Å²) in [4.78, 5) is 53.5. The number of nitrogens with one attached hydrogen (secondary N) is 1. The van der Waals surface area contributed by atoms with E-state index in [2.05, 4.69) is 5.32 Å². The van der Waals surface area contributed by atoms with E-state index < -0.39 is 18.0 Å². The molecule has 0 radical (unpaired) electrons. The zero-order chi connectivity index (χ0) is 26.6. The van der Waals surface area contributed by atoms with Gasteiger partial charge in [0.1, 0.15) is 11.9 Å². The van der Waals surface area contributed by atoms with Crippen LogP contribution in [-0.2, 0) is 20.9 Å². The van der Waals surface area contributed by atoms with Gasteiger partial charge in [-0.15, -0.1) is 11.8 Å². The van der Waals surface area contributed by atoms with E-state index in [1.807, 2.05) is 12.1 Å². The summed E-state index contributed by atoms with van der Waals surface area (Å²) in [5.74, 6) is -0.372. The van der Waals surface area contributed by atoms with Gasteiger partial charge in [0.2, 0.25) is 11.8 Å². The van der Waals surface area contributed by atoms with Crippen molar-refractivity contribution < 1.29 is 23.5 Å². The summed E-state index contributed by atoms with van der Waals surface area (Å²) in [6.07, 6.45) is 0.199. The lowest BCUT2D eigenvalue weighted by Crippen LogP contribution is -2.36. The standard InChI is InChI=1S/C27H25FN4O5S/c1-15(33)30(21-13-32-24(35)9-5-16-4-7-19(28)25(21)26(16)32)10-2-3-18-12-31(27(36)37-18)17-6-8-22-20(11-17)29-23(34)14-38-22/h4-9,11,18,21H,2-3,10,12-14H2,1H3,(H,29,34)/t18-,21-/m1/s1. The number of cyclic esters (lactones) is 1. The topological polar surface area (TPSA) is 101 Å². The molecule has 4 heterocycles. The van der Waals surface area contributed by atoms with E-state index >= 15 is 0 Å². The Morgan fingerprint density at radius 3 is 2.79 bits per heavy atom. The lowest BCUT2D eigenvalue weighted by Gasteiger charge is -2.29. The largest absolute Gasteiger partial charge is 0.444 e. The predicted molar refractivity (Wildman–Crippen MR) is 141 cm³/mol. The van der Waals surface area contributed by atoms with Crippen molar-refractivity contribution in [3.05, 3.63) is 64.2 Å². The van der Waals surface area contributed by atoms with Crippen molar-refractivity contribution in [2.45, 2.75) is 43.4 Å². The third kappa shape index (κ3) is 4.20. The highest BCUT2D eigenvalue weighted by Crippen LogP contribution is 2.38. The summed E-state index contributed by atoms with van der Waals surface area (Å²) in [5, 5.41) is 3.59. The Bertz CT molecular complexity index is 1560. The minimum atomic E-state index is -0.586. The fraction of sp³-hybridized carbons (Fsp3) is 0.333. The summed E-state index contributed by atoms with van der Waals surface area (Å²) < 4.78 is 22.1. The second kappa shape index (κ2) is 9.46. The van der Waals surface area contributed by atoms with E-state index in [9.17, 15) is 23.6 Å². The van der Waals surface area contributed by atoms with Gasteiger partial charge in [-0.1, -0.05) is 0 Å². The number of rotatable bonds is 6. The first-order valence-electron chi connectivity index (χ1n) is 12.4. The Labute approximate surface area is 221 Å². The summed E-state index contributed by atoms with van der Waals surface area (Å²) in [6.45, 7) is 2.31. The van der Waals surface area contributed by atoms with Crippen LogP contribution in [0.15, 0.2) is 52.2 Å². The Morgan fingerprint density at radius 1 is 1.16 bits per heavy atom. The van der Waals surface area contributed by atoms with Gasteiger partial charge in [-0.05, 0) is 54.6 Å². The zero-order valence-electron chi connectivity index (χ0n) is 20.6. The summed E-state index contributed by atoms with van der Waals surface area (Å²) in [7, 11) is 0. The SMILES string of the molecule is CC(=O)N(CCC[C@@H]1CN(c2ccc3c(c2)NC(=O)CS3)C(=O)O1)[C@@H]1Cn2c(=O)ccc3ccc(F)c1c32. The first-order valence-corrected chi connectivity index (χ1v) is 13.4. The summed E-state index contributed by atoms with van der Waals surface area (Å²) in [5.41, 5.74) is 1.99. The van der Waals surface area contributed by atoms with Crippen LogP contribution >= 0.6 is 11.8 Å². The summed E-state index contributed by atoms with van der Waals surface area (Å²) in [6, 6.07) is 11.0. The van der Waals surface area contributed by atoms with Gasteiger partial charge in [0.25, 0.3) is 5.56 Å². The molecule has 3 aliphatic rings. The minimum Gasteiger partial charge on any atom is -0.444 e. The van der Waals surface area contributed by atoms with Crippen LogP contribution in [0.1, 0.15) is 31.4 Å². The molecule has 0 spiro atoms. The highest BCUT2D eigenvalue weighted by molar-refractivity contribution is 8.00. The number of nitrogens with zero attached hydrogens (tertiary/aromatic N) is 3. The van der Waals surface area contributed by atoms with Gasteiger partial charge in [-0.2, -0.15) is 0 Å². The molecule has 11 heteroatoms. The lowest BCUT2D eigenvalue weighted by atomic mass is 10.0. The third-order valence-corrected chi connectivity index (χ3v) is 8.39. The summed E-state index contributed by atoms with van der Waals surface area (Å²) >= 11 is 1.45. The van der Waals surface area contributed by atoms with Gasteiger partial charge >= 0.3 is 6.09 Å². The van der Waals surface area contributed by atoms with Gasteiger partial charge in [0, 0.05) is 35.7 Å². The Balaban J connectivity index is 1.13. The number of ether oxygens (including phenoxy) is 1. The van der Waals surface area contributed by atoms with Gasteiger partial charge in [-0.25, -0.2) is 9.18 Å². The van der Waals surface area contributed by atoms with Gasteiger partial charge in [0.15, 0.2) is 0 Å². The van der Waals surface area contributed by atoms with E-state index in [4.69, 9.17) is 4.74 Å². The third-order valence-electron chi connectivity index (χ3n) is 7.31. The number of hydrogen-bond donors (Lipinski definition) is 1. The van der Waals surface area contributed by atoms with Crippen LogP contribution in [-0.4, -0.2) is 52.3 Å². The van der Waals surface area contributed by atoms with Crippen LogP contribution in [0, 0.1) is 5.82 Å². The highest BCUT2D eigenvalue weighted by Gasteiger charge is 2.36. The fourth-order valence-electron chi connectivity index (χ4n) is 5.56. The Kier molecular flexibility index (Phi) is 6.10. The normalized spacial score (nSPS) is 19.9. The molecule has 3 aliphatic heterocycles. The average molecular weight is 537 g/mol. The first kappa shape index (κ1) is 24.5. The molecule has 1 aromatic heterocycles. The van der Waals surface area contributed by atoms with Crippen molar-refractivity contribution in [2.75, 3.05) is 29.1 Å². The molecule has 3 amide bonds. The van der Waals surface area contributed by atoms with Crippen LogP contribution in [0.25, 0.3) is 10.9 Å². The fourth-order valence-corrected chi connectivity index (χ4v) is 6.35. The molecule has 3 aromatic rings. The van der Waals surface area contributed by atoms with E-state index in [1.54, 1.807) is 23.1 Å². The maximum absolute atomic E-state index is 15.0. The number of fused-ring (bicyclic) bond motifs is 1. The molecule has 38 heavy (non-hydrogen) atoms. The molecule has 9 nitrogen and oxygen atoms in total. The molecule has 2 aromatic carbocycles. The molecule has 1 fully saturated rings. The smallest absolute Gasteiger partial charge is 0.414 e. The van der Waals surface area contributed by atoms with Crippen molar-refractivity contribution in [1.29, 1.82) is 0 Å². The number of halogens is 1. The molecule has 6 rings (SSSR count). The van der Waals surface area contributed by atoms with Crippen molar-refractivity contribution >= 4 is 51.9 Å². The minimum absolute atomic E-state index is 0.0806. The monoisotopic (exact) mass is 536 g/mol. The molecule has 2 atom stereocenters. The number of aromatic nitrogens is 1. The Morgan fingerprint density at radius 2 is 1.97 bits per heavy atom. The zero-order valence-corrected chi connectivity index (χ0v) is 21.4. The first-order chi connectivity index (χ1) is 18.3. The van der Waals surface area contributed by atoms with Crippen LogP contribution in [0.2, 0.25) is 0 Å². The number of benzene rings is 2. The number of anilines is 2. The van der Waals surface area contributed by atoms with E-state index in [0.717, 1.165) is 10.3 Å². The number of thioether (sulfide) groups is 1. The molecule has 1 saturated heterocycles. The second-order valence-corrected chi connectivity index (χ2v) is 10.7. The van der Waals surface area contributed by atoms with E-state index in [1.165, 1.54) is 40.3 Å². The number of carbonyl (C=O) groups is 3. The second-order valence-electron chi connectivity index (χ2n) is 9.69. The number of pyridine rings is 1. The number of hydrogen-bond acceptors (Lipinski definition) is 6. The molecule has 0 unspecified atom stereocenters. The number of amides is 3. The lowest BCUT2D eigenvalue weighted by molar-refractivity contribution is -0.131. The van der Waals surface area contributed by atoms with Gasteiger partial charge in [-0.3, -0.25) is 19.3 Å². The molecular formula is C27H25FN4O5S. The number of carbonyl (C=O) groups excluding carboxylic acids is 3. The van der Waals surface area contributed by atoms with Crippen molar-refractivity contribution in [3.8, 4) is 0 Å². The van der Waals surface area contributed by atoms with Gasteiger partial charge in [0.05, 0.1) is 36.1 Å². The quantitative estimate of drug-likeness (QED) is 0.513. The van der Waals surface area contributed by atoms with Crippen LogP contribution in [0.3, 0.4) is 0 Å². The molecule has 0 saturated carbocycles. The van der Waals surface area contributed by atoms with E-state index in [0.29, 0.717) is 54.1 Å². The predicted octanol–water partition coefficient (Wildman–Crippen LogP) is 3.89. The van der Waals surface area contributed by atoms with Crippen LogP contribution in [0.5, 0.6) is 0 Å². The van der Waals surface area contributed by atoms with E-state index in [-0.39, 0.29) is 30.0 Å². The maximum atomic E-state index is 15.0. The average Bonchev–Trinajstić information content (AvgIpc) is 3.47. The van der Waals surface area contributed by atoms with Crippen molar-refractivity contribution in [1.82, 2.24) is 9.47 Å². The molecule has 196 valence electrons. The van der Waals surface area contributed by atoms with Crippen molar-refractivity contribution in [3.63, 3.8) is 0 Å².